The minimum atomic E-state index is -0.931. The molecule has 0 bridgehead atoms. The van der Waals surface area contributed by atoms with Crippen molar-refractivity contribution in [3.05, 3.63) is 39.7 Å². The molecule has 1 heterocycles. The van der Waals surface area contributed by atoms with Gasteiger partial charge in [0.15, 0.2) is 0 Å². The van der Waals surface area contributed by atoms with Crippen LogP contribution in [-0.2, 0) is 16.0 Å². The van der Waals surface area contributed by atoms with Crippen molar-refractivity contribution < 1.29 is 18.8 Å². The van der Waals surface area contributed by atoms with Crippen LogP contribution in [0, 0.1) is 15.9 Å². The molecule has 0 saturated carbocycles. The summed E-state index contributed by atoms with van der Waals surface area (Å²) in [6, 6.07) is 3.74. The van der Waals surface area contributed by atoms with Gasteiger partial charge in [0.1, 0.15) is 0 Å². The summed E-state index contributed by atoms with van der Waals surface area (Å²) in [6.07, 6.45) is 1.64. The Labute approximate surface area is 115 Å². The van der Waals surface area contributed by atoms with E-state index in [1.807, 2.05) is 0 Å². The van der Waals surface area contributed by atoms with Gasteiger partial charge in [0.05, 0.1) is 17.4 Å². The summed E-state index contributed by atoms with van der Waals surface area (Å²) in [7, 11) is 0. The van der Waals surface area contributed by atoms with Gasteiger partial charge in [0, 0.05) is 18.7 Å². The predicted molar refractivity (Wildman–Crippen MR) is 68.7 cm³/mol. The topological polar surface area (TPSA) is 81.5 Å². The van der Waals surface area contributed by atoms with E-state index in [9.17, 15) is 19.3 Å². The molecule has 1 aromatic carbocycles. The number of nitro groups is 1. The summed E-state index contributed by atoms with van der Waals surface area (Å²) in [5, 5.41) is 13.5. The molecule has 0 aromatic heterocycles. The molecule has 20 heavy (non-hydrogen) atoms. The molecule has 1 aliphatic heterocycles. The number of hydrogen-bond donors (Lipinski definition) is 1. The van der Waals surface area contributed by atoms with Crippen LogP contribution in [0.25, 0.3) is 0 Å². The quantitative estimate of drug-likeness (QED) is 0.656. The van der Waals surface area contributed by atoms with Gasteiger partial charge in [-0.05, 0) is 18.9 Å². The minimum absolute atomic E-state index is 0.00134. The Bertz CT molecular complexity index is 515. The maximum Gasteiger partial charge on any atom is 0.308 e. The number of nitrogens with zero attached hydrogens (tertiary/aromatic N) is 1. The lowest BCUT2D eigenvalue weighted by Crippen LogP contribution is -2.32. The highest BCUT2D eigenvalue weighted by Crippen LogP contribution is 2.22. The normalized spacial score (nSPS) is 17.9. The molecule has 1 amide bonds. The number of rotatable bonds is 5. The molecule has 7 heteroatoms. The molecule has 0 spiro atoms. The summed E-state index contributed by atoms with van der Waals surface area (Å²) in [5.74, 6) is -1.31. The van der Waals surface area contributed by atoms with Gasteiger partial charge in [-0.15, -0.1) is 0 Å². The van der Waals surface area contributed by atoms with E-state index in [-0.39, 0.29) is 24.0 Å². The Kier molecular flexibility index (Phi) is 4.62. The van der Waals surface area contributed by atoms with Crippen molar-refractivity contribution in [2.45, 2.75) is 25.4 Å². The molecule has 1 unspecified atom stereocenters. The number of ether oxygens (including phenoxy) is 1. The molecule has 1 aromatic rings. The van der Waals surface area contributed by atoms with Gasteiger partial charge in [-0.1, -0.05) is 12.1 Å². The van der Waals surface area contributed by atoms with Gasteiger partial charge in [-0.2, -0.15) is 4.39 Å². The third kappa shape index (κ3) is 3.51. The van der Waals surface area contributed by atoms with Gasteiger partial charge >= 0.3 is 5.69 Å². The molecule has 1 aliphatic rings. The maximum absolute atomic E-state index is 13.4. The van der Waals surface area contributed by atoms with E-state index < -0.39 is 16.4 Å². The second-order valence-electron chi connectivity index (χ2n) is 4.62. The van der Waals surface area contributed by atoms with E-state index in [4.69, 9.17) is 4.74 Å². The largest absolute Gasteiger partial charge is 0.376 e. The van der Waals surface area contributed by atoms with Gasteiger partial charge in [-0.3, -0.25) is 14.9 Å². The van der Waals surface area contributed by atoms with E-state index in [1.54, 1.807) is 0 Å². The molecule has 6 nitrogen and oxygen atoms in total. The highest BCUT2D eigenvalue weighted by molar-refractivity contribution is 5.79. The Hall–Kier alpha value is -2.02. The summed E-state index contributed by atoms with van der Waals surface area (Å²) in [4.78, 5) is 21.7. The number of hydrogen-bond acceptors (Lipinski definition) is 4. The van der Waals surface area contributed by atoms with Crippen molar-refractivity contribution in [1.29, 1.82) is 0 Å². The number of halogens is 1. The van der Waals surface area contributed by atoms with Crippen molar-refractivity contribution in [2.24, 2.45) is 0 Å². The number of benzene rings is 1. The number of carbonyl (C=O) groups excluding carboxylic acids is 1. The van der Waals surface area contributed by atoms with Gasteiger partial charge < -0.3 is 10.1 Å². The van der Waals surface area contributed by atoms with Crippen LogP contribution in [0.3, 0.4) is 0 Å². The van der Waals surface area contributed by atoms with E-state index in [0.29, 0.717) is 13.2 Å². The Balaban J connectivity index is 1.96. The van der Waals surface area contributed by atoms with Crippen LogP contribution in [-0.4, -0.2) is 30.1 Å². The van der Waals surface area contributed by atoms with Crippen LogP contribution in [0.5, 0.6) is 0 Å². The molecule has 108 valence electrons. The summed E-state index contributed by atoms with van der Waals surface area (Å²) >= 11 is 0. The lowest BCUT2D eigenvalue weighted by molar-refractivity contribution is -0.388. The van der Waals surface area contributed by atoms with Crippen molar-refractivity contribution in [3.8, 4) is 0 Å². The van der Waals surface area contributed by atoms with E-state index in [1.165, 1.54) is 12.1 Å². The Morgan fingerprint density at radius 3 is 3.00 bits per heavy atom. The second kappa shape index (κ2) is 6.42. The van der Waals surface area contributed by atoms with Gasteiger partial charge in [-0.25, -0.2) is 0 Å². The smallest absolute Gasteiger partial charge is 0.308 e. The molecule has 1 fully saturated rings. The lowest BCUT2D eigenvalue weighted by atomic mass is 10.1. The minimum Gasteiger partial charge on any atom is -0.376 e. The zero-order valence-corrected chi connectivity index (χ0v) is 10.8. The number of nitrogens with one attached hydrogen (secondary N) is 1. The van der Waals surface area contributed by atoms with Gasteiger partial charge in [0.2, 0.25) is 11.7 Å². The molecule has 2 rings (SSSR count). The number of nitro benzene ring substituents is 1. The van der Waals surface area contributed by atoms with Crippen LogP contribution in [0.4, 0.5) is 10.1 Å². The first-order valence-electron chi connectivity index (χ1n) is 6.38. The standard InChI is InChI=1S/C13H15FN2O4/c14-11-5-1-3-9(13(11)16(18)19)7-12(17)15-8-10-4-2-6-20-10/h1,3,5,10H,2,4,6-8H2,(H,15,17). The zero-order chi connectivity index (χ0) is 14.5. The van der Waals surface area contributed by atoms with E-state index >= 15 is 0 Å². The molecular formula is C13H15FN2O4. The third-order valence-electron chi connectivity index (χ3n) is 3.15. The first-order chi connectivity index (χ1) is 9.58. The van der Waals surface area contributed by atoms with Crippen molar-refractivity contribution in [3.63, 3.8) is 0 Å². The summed E-state index contributed by atoms with van der Waals surface area (Å²) in [6.45, 7) is 1.07. The van der Waals surface area contributed by atoms with Crippen LogP contribution in [0.2, 0.25) is 0 Å². The molecule has 0 aliphatic carbocycles. The molecule has 1 saturated heterocycles. The molecular weight excluding hydrogens is 267 g/mol. The van der Waals surface area contributed by atoms with Crippen LogP contribution in [0.15, 0.2) is 18.2 Å². The van der Waals surface area contributed by atoms with Crippen LogP contribution >= 0.6 is 0 Å². The Morgan fingerprint density at radius 1 is 1.55 bits per heavy atom. The third-order valence-corrected chi connectivity index (χ3v) is 3.15. The first kappa shape index (κ1) is 14.4. The number of amides is 1. The summed E-state index contributed by atoms with van der Waals surface area (Å²) < 4.78 is 18.7. The number of para-hydroxylation sites is 1. The maximum atomic E-state index is 13.4. The van der Waals surface area contributed by atoms with Crippen LogP contribution in [0.1, 0.15) is 18.4 Å². The molecule has 1 N–H and O–H groups in total. The van der Waals surface area contributed by atoms with E-state index in [0.717, 1.165) is 18.9 Å². The van der Waals surface area contributed by atoms with Crippen molar-refractivity contribution in [2.75, 3.05) is 13.2 Å². The fraction of sp³-hybridized carbons (Fsp3) is 0.462. The van der Waals surface area contributed by atoms with Gasteiger partial charge in [0.25, 0.3) is 0 Å². The monoisotopic (exact) mass is 282 g/mol. The predicted octanol–water partition coefficient (Wildman–Crippen LogP) is 1.57. The second-order valence-corrected chi connectivity index (χ2v) is 4.62. The Morgan fingerprint density at radius 2 is 2.35 bits per heavy atom. The van der Waals surface area contributed by atoms with Crippen molar-refractivity contribution >= 4 is 11.6 Å². The fourth-order valence-electron chi connectivity index (χ4n) is 2.18. The molecule has 0 radical (unpaired) electrons. The number of carbonyl (C=O) groups is 1. The SMILES string of the molecule is O=C(Cc1cccc(F)c1[N+](=O)[O-])NCC1CCCO1. The summed E-state index contributed by atoms with van der Waals surface area (Å²) in [5.41, 5.74) is -0.570. The zero-order valence-electron chi connectivity index (χ0n) is 10.8. The highest BCUT2D eigenvalue weighted by atomic mass is 19.1. The lowest BCUT2D eigenvalue weighted by Gasteiger charge is -2.10. The van der Waals surface area contributed by atoms with Crippen molar-refractivity contribution in [1.82, 2.24) is 5.32 Å². The average molecular weight is 282 g/mol. The fourth-order valence-corrected chi connectivity index (χ4v) is 2.18. The average Bonchev–Trinajstić information content (AvgIpc) is 2.89. The van der Waals surface area contributed by atoms with Crippen LogP contribution < -0.4 is 5.32 Å². The first-order valence-corrected chi connectivity index (χ1v) is 6.38. The highest BCUT2D eigenvalue weighted by Gasteiger charge is 2.22. The molecule has 1 atom stereocenters. The van der Waals surface area contributed by atoms with E-state index in [2.05, 4.69) is 5.32 Å².